The van der Waals surface area contributed by atoms with Crippen molar-refractivity contribution in [2.24, 2.45) is 20.5 Å². The van der Waals surface area contributed by atoms with Gasteiger partial charge in [0.25, 0.3) is 0 Å². The van der Waals surface area contributed by atoms with Gasteiger partial charge in [0, 0.05) is 0 Å². The van der Waals surface area contributed by atoms with Crippen LogP contribution in [0.3, 0.4) is 0 Å². The van der Waals surface area contributed by atoms with E-state index in [-0.39, 0.29) is 23.3 Å². The lowest BCUT2D eigenvalue weighted by molar-refractivity contribution is 1.11. The second kappa shape index (κ2) is 7.71. The highest BCUT2D eigenvalue weighted by atomic mass is 15.3. The van der Waals surface area contributed by atoms with Gasteiger partial charge in [0.15, 0.2) is 23.0 Å². The van der Waals surface area contributed by atoms with E-state index in [1.165, 1.54) is 0 Å². The Hall–Kier alpha value is -4.74. The number of nitrogens with two attached hydrogens (primary N) is 4. The largest absolute Gasteiger partial charge is 0.382 e. The summed E-state index contributed by atoms with van der Waals surface area (Å²) < 4.78 is 0. The molecule has 0 bridgehead atoms. The lowest BCUT2D eigenvalue weighted by atomic mass is 10.1. The molecule has 2 heterocycles. The van der Waals surface area contributed by atoms with Crippen molar-refractivity contribution in [2.75, 3.05) is 22.9 Å². The van der Waals surface area contributed by atoms with Gasteiger partial charge in [0.1, 0.15) is 11.6 Å². The van der Waals surface area contributed by atoms with Gasteiger partial charge in [0.05, 0.1) is 11.4 Å². The number of aromatic amines is 2. The van der Waals surface area contributed by atoms with Gasteiger partial charge in [-0.1, -0.05) is 24.3 Å². The highest BCUT2D eigenvalue weighted by Crippen LogP contribution is 2.31. The van der Waals surface area contributed by atoms with Gasteiger partial charge in [-0.2, -0.15) is 20.4 Å². The van der Waals surface area contributed by atoms with Crippen LogP contribution in [0.1, 0.15) is 0 Å². The van der Waals surface area contributed by atoms with E-state index in [2.05, 4.69) is 40.9 Å². The van der Waals surface area contributed by atoms with E-state index in [0.717, 1.165) is 11.1 Å². The fraction of sp³-hybridized carbons (Fsp3) is 0. The van der Waals surface area contributed by atoms with Crippen LogP contribution in [0.5, 0.6) is 0 Å². The van der Waals surface area contributed by atoms with Crippen LogP contribution in [-0.4, -0.2) is 20.4 Å². The number of benzene rings is 2. The summed E-state index contributed by atoms with van der Waals surface area (Å²) >= 11 is 0. The fourth-order valence-electron chi connectivity index (χ4n) is 2.60. The topological polar surface area (TPSA) is 211 Å². The van der Waals surface area contributed by atoms with E-state index in [4.69, 9.17) is 22.9 Å². The first-order valence-electron chi connectivity index (χ1n) is 8.74. The lowest BCUT2D eigenvalue weighted by Crippen LogP contribution is -1.84. The normalized spacial score (nSPS) is 11.6. The second-order valence-corrected chi connectivity index (χ2v) is 6.24. The Balaban J connectivity index is 1.47. The van der Waals surface area contributed by atoms with Gasteiger partial charge in [-0.05, 0) is 35.4 Å². The highest BCUT2D eigenvalue weighted by molar-refractivity contribution is 5.71. The van der Waals surface area contributed by atoms with E-state index >= 15 is 0 Å². The quantitative estimate of drug-likeness (QED) is 0.272. The van der Waals surface area contributed by atoms with Gasteiger partial charge in [-0.25, -0.2) is 0 Å². The Bertz CT molecular complexity index is 1080. The standard InChI is InChI=1S/C18H18N12/c19-15-13(16(20)28-27-15)25-23-11-5-1-9(2-6-11)10-3-7-12(8-4-10)24-26-14-17(21)29-30-18(14)22/h1-8H,(H5,19,20,27,28)(H5,21,22,29,30)/b25-23+,26-24+. The Morgan fingerprint density at radius 1 is 0.533 bits per heavy atom. The molecule has 2 aromatic heterocycles. The molecule has 0 unspecified atom stereocenters. The smallest absolute Gasteiger partial charge is 0.175 e. The molecule has 4 rings (SSSR count). The molecule has 30 heavy (non-hydrogen) atoms. The third-order valence-corrected chi connectivity index (χ3v) is 4.19. The predicted octanol–water partition coefficient (Wildman–Crippen LogP) is 3.96. The van der Waals surface area contributed by atoms with Crippen molar-refractivity contribution >= 4 is 46.0 Å². The highest BCUT2D eigenvalue weighted by Gasteiger charge is 2.07. The summed E-state index contributed by atoms with van der Waals surface area (Å²) in [5, 5.41) is 29.0. The number of nitrogens with one attached hydrogen (secondary N) is 2. The number of nitrogens with zero attached hydrogens (tertiary/aromatic N) is 6. The van der Waals surface area contributed by atoms with Crippen LogP contribution in [0.2, 0.25) is 0 Å². The van der Waals surface area contributed by atoms with E-state index < -0.39 is 0 Å². The zero-order valence-electron chi connectivity index (χ0n) is 15.6. The number of aromatic nitrogens is 4. The van der Waals surface area contributed by atoms with Crippen molar-refractivity contribution in [1.29, 1.82) is 0 Å². The average Bonchev–Trinajstić information content (AvgIpc) is 3.26. The molecule has 0 fully saturated rings. The average molecular weight is 402 g/mol. The van der Waals surface area contributed by atoms with Gasteiger partial charge < -0.3 is 22.9 Å². The summed E-state index contributed by atoms with van der Waals surface area (Å²) in [5.41, 5.74) is 26.7. The number of nitrogen functional groups attached to an aromatic ring is 4. The van der Waals surface area contributed by atoms with Gasteiger partial charge in [-0.3, -0.25) is 10.2 Å². The van der Waals surface area contributed by atoms with Gasteiger partial charge in [-0.15, -0.1) is 10.2 Å². The molecule has 0 radical (unpaired) electrons. The maximum Gasteiger partial charge on any atom is 0.175 e. The number of hydrogen-bond donors (Lipinski definition) is 6. The number of azo groups is 2. The monoisotopic (exact) mass is 402 g/mol. The number of rotatable bonds is 5. The van der Waals surface area contributed by atoms with Crippen molar-refractivity contribution in [3.05, 3.63) is 48.5 Å². The van der Waals surface area contributed by atoms with Crippen LogP contribution >= 0.6 is 0 Å². The number of anilines is 4. The summed E-state index contributed by atoms with van der Waals surface area (Å²) in [6.07, 6.45) is 0. The zero-order valence-corrected chi connectivity index (χ0v) is 15.6. The maximum atomic E-state index is 5.70. The number of hydrogen-bond acceptors (Lipinski definition) is 10. The molecule has 0 spiro atoms. The molecule has 12 nitrogen and oxygen atoms in total. The molecule has 0 atom stereocenters. The lowest BCUT2D eigenvalue weighted by Gasteiger charge is -2.02. The molecule has 0 saturated carbocycles. The van der Waals surface area contributed by atoms with Crippen LogP contribution in [-0.2, 0) is 0 Å². The van der Waals surface area contributed by atoms with Crippen molar-refractivity contribution in [2.45, 2.75) is 0 Å². The molecule has 150 valence electrons. The Morgan fingerprint density at radius 3 is 1.20 bits per heavy atom. The summed E-state index contributed by atoms with van der Waals surface area (Å²) in [5.74, 6) is 0.929. The summed E-state index contributed by atoms with van der Waals surface area (Å²) in [6, 6.07) is 15.1. The third-order valence-electron chi connectivity index (χ3n) is 4.19. The van der Waals surface area contributed by atoms with Crippen LogP contribution in [0.25, 0.3) is 11.1 Å². The predicted molar refractivity (Wildman–Crippen MR) is 115 cm³/mol. The molecule has 0 amide bonds. The van der Waals surface area contributed by atoms with E-state index in [1.54, 1.807) is 0 Å². The van der Waals surface area contributed by atoms with Crippen molar-refractivity contribution in [1.82, 2.24) is 20.4 Å². The molecule has 0 aliphatic carbocycles. The van der Waals surface area contributed by atoms with Gasteiger partial charge >= 0.3 is 0 Å². The fourth-order valence-corrected chi connectivity index (χ4v) is 2.60. The minimum absolute atomic E-state index is 0.197. The molecule has 0 saturated heterocycles. The Labute approximate surface area is 170 Å². The zero-order chi connectivity index (χ0) is 21.1. The Kier molecular flexibility index (Phi) is 4.78. The molecule has 2 aromatic carbocycles. The second-order valence-electron chi connectivity index (χ2n) is 6.24. The van der Waals surface area contributed by atoms with Crippen LogP contribution in [0.4, 0.5) is 46.0 Å². The van der Waals surface area contributed by atoms with Crippen LogP contribution in [0.15, 0.2) is 69.0 Å². The third kappa shape index (κ3) is 3.77. The first kappa shape index (κ1) is 18.6. The first-order valence-corrected chi connectivity index (χ1v) is 8.74. The van der Waals surface area contributed by atoms with E-state index in [0.29, 0.717) is 22.7 Å². The summed E-state index contributed by atoms with van der Waals surface area (Å²) in [4.78, 5) is 0. The molecule has 0 aliphatic rings. The molecule has 10 N–H and O–H groups in total. The van der Waals surface area contributed by atoms with E-state index in [1.807, 2.05) is 48.5 Å². The number of H-pyrrole nitrogens is 2. The molecular formula is C18H18N12. The summed E-state index contributed by atoms with van der Waals surface area (Å²) in [7, 11) is 0. The molecule has 0 aliphatic heterocycles. The van der Waals surface area contributed by atoms with Crippen LogP contribution < -0.4 is 22.9 Å². The first-order chi connectivity index (χ1) is 14.5. The molecular weight excluding hydrogens is 384 g/mol. The molecule has 4 aromatic rings. The van der Waals surface area contributed by atoms with Crippen molar-refractivity contribution in [3.63, 3.8) is 0 Å². The van der Waals surface area contributed by atoms with Crippen LogP contribution in [0, 0.1) is 0 Å². The Morgan fingerprint density at radius 2 is 0.900 bits per heavy atom. The van der Waals surface area contributed by atoms with Crippen molar-refractivity contribution < 1.29 is 0 Å². The maximum absolute atomic E-state index is 5.70. The van der Waals surface area contributed by atoms with E-state index in [9.17, 15) is 0 Å². The summed E-state index contributed by atoms with van der Waals surface area (Å²) in [6.45, 7) is 0. The molecule has 12 heteroatoms. The van der Waals surface area contributed by atoms with Crippen molar-refractivity contribution in [3.8, 4) is 11.1 Å². The SMILES string of the molecule is Nc1n[nH]c(N)c1/N=N/c1ccc(-c2ccc(/N=N/c3c(N)n[nH]c3N)cc2)cc1. The minimum Gasteiger partial charge on any atom is -0.382 e. The minimum atomic E-state index is 0.197. The van der Waals surface area contributed by atoms with Gasteiger partial charge in [0.2, 0.25) is 0 Å².